The lowest BCUT2D eigenvalue weighted by atomic mass is 9.73. The highest BCUT2D eigenvalue weighted by molar-refractivity contribution is 7.92. The molecule has 9 nitrogen and oxygen atoms in total. The van der Waals surface area contributed by atoms with Crippen LogP contribution < -0.4 is 20.1 Å². The molecule has 0 saturated heterocycles. The monoisotopic (exact) mass is 509 g/mol. The van der Waals surface area contributed by atoms with Gasteiger partial charge < -0.3 is 20.5 Å². The first-order valence-electron chi connectivity index (χ1n) is 11.2. The minimum Gasteiger partial charge on any atom is -0.449 e. The Hall–Kier alpha value is -4.05. The number of hydrogen-bond acceptors (Lipinski definition) is 6. The summed E-state index contributed by atoms with van der Waals surface area (Å²) in [7, 11) is -3.84. The molecule has 1 atom stereocenters. The molecule has 4 rings (SSSR count). The van der Waals surface area contributed by atoms with Crippen LogP contribution in [0.15, 0.2) is 71.6 Å². The standard InChI is InChI=1S/C26H27N3O6S/c1-16(30)27-19-7-10-22(11-8-19)36(33,34)29-20-6-4-5-17(13-20)24-26(2,3)15-18-14-21(35-25(31)32)9-12-23(18)28-24/h4-14,24,28-29H,15H2,1-3H3,(H,27,30)(H,31,32). The third-order valence-corrected chi connectivity index (χ3v) is 7.36. The lowest BCUT2D eigenvalue weighted by Crippen LogP contribution is -2.35. The topological polar surface area (TPSA) is 134 Å². The van der Waals surface area contributed by atoms with Crippen LogP contribution in [0.4, 0.5) is 21.9 Å². The van der Waals surface area contributed by atoms with Gasteiger partial charge in [0.25, 0.3) is 10.0 Å². The SMILES string of the molecule is CC(=O)Nc1ccc(S(=O)(=O)Nc2cccc(C3Nc4ccc(OC(=O)O)cc4CC3(C)C)c2)cc1. The number of ether oxygens (including phenoxy) is 1. The van der Waals surface area contributed by atoms with Gasteiger partial charge >= 0.3 is 6.16 Å². The lowest BCUT2D eigenvalue weighted by molar-refractivity contribution is -0.114. The number of sulfonamides is 1. The Balaban J connectivity index is 1.56. The van der Waals surface area contributed by atoms with Crippen molar-refractivity contribution in [3.63, 3.8) is 0 Å². The summed E-state index contributed by atoms with van der Waals surface area (Å²) in [4.78, 5) is 22.1. The minimum atomic E-state index is -3.84. The van der Waals surface area contributed by atoms with E-state index in [0.717, 1.165) is 16.8 Å². The predicted molar refractivity (Wildman–Crippen MR) is 137 cm³/mol. The van der Waals surface area contributed by atoms with Gasteiger partial charge in [0.1, 0.15) is 5.75 Å². The molecule has 0 fully saturated rings. The van der Waals surface area contributed by atoms with Gasteiger partial charge in [0.15, 0.2) is 0 Å². The van der Waals surface area contributed by atoms with E-state index < -0.39 is 16.2 Å². The van der Waals surface area contributed by atoms with Gasteiger partial charge in [-0.3, -0.25) is 9.52 Å². The van der Waals surface area contributed by atoms with Crippen molar-refractivity contribution in [1.29, 1.82) is 0 Å². The smallest absolute Gasteiger partial charge is 0.449 e. The molecule has 1 aliphatic rings. The summed E-state index contributed by atoms with van der Waals surface area (Å²) in [5, 5.41) is 15.0. The van der Waals surface area contributed by atoms with Crippen molar-refractivity contribution in [1.82, 2.24) is 0 Å². The predicted octanol–water partition coefficient (Wildman–Crippen LogP) is 5.24. The average Bonchev–Trinajstić information content (AvgIpc) is 2.77. The van der Waals surface area contributed by atoms with E-state index in [1.54, 1.807) is 36.4 Å². The van der Waals surface area contributed by atoms with Gasteiger partial charge in [-0.25, -0.2) is 13.2 Å². The number of fused-ring (bicyclic) bond motifs is 1. The molecule has 3 aromatic carbocycles. The van der Waals surface area contributed by atoms with Crippen LogP contribution in [-0.2, 0) is 21.2 Å². The second kappa shape index (κ2) is 9.54. The Bertz CT molecular complexity index is 1420. The van der Waals surface area contributed by atoms with Gasteiger partial charge in [0.05, 0.1) is 10.9 Å². The Morgan fingerprint density at radius 2 is 1.75 bits per heavy atom. The van der Waals surface area contributed by atoms with Crippen LogP contribution in [0, 0.1) is 5.41 Å². The van der Waals surface area contributed by atoms with Gasteiger partial charge in [0.2, 0.25) is 5.91 Å². The van der Waals surface area contributed by atoms with E-state index >= 15 is 0 Å². The summed E-state index contributed by atoms with van der Waals surface area (Å²) >= 11 is 0. The summed E-state index contributed by atoms with van der Waals surface area (Å²) in [6, 6.07) is 18.1. The first-order chi connectivity index (χ1) is 16.9. The fourth-order valence-electron chi connectivity index (χ4n) is 4.42. The number of carbonyl (C=O) groups excluding carboxylic acids is 1. The van der Waals surface area contributed by atoms with Crippen LogP contribution in [-0.4, -0.2) is 25.6 Å². The molecule has 3 aromatic rings. The van der Waals surface area contributed by atoms with Crippen molar-refractivity contribution in [3.8, 4) is 5.75 Å². The Morgan fingerprint density at radius 1 is 1.03 bits per heavy atom. The van der Waals surface area contributed by atoms with E-state index in [2.05, 4.69) is 29.2 Å². The maximum absolute atomic E-state index is 13.0. The number of carboxylic acid groups (broad SMARTS) is 1. The Labute approximate surface area is 209 Å². The van der Waals surface area contributed by atoms with Crippen LogP contribution >= 0.6 is 0 Å². The highest BCUT2D eigenvalue weighted by Gasteiger charge is 2.36. The number of rotatable bonds is 6. The summed E-state index contributed by atoms with van der Waals surface area (Å²) in [5.74, 6) is 0.0234. The van der Waals surface area contributed by atoms with Crippen molar-refractivity contribution >= 4 is 39.1 Å². The molecule has 0 radical (unpaired) electrons. The Kier molecular flexibility index (Phi) is 6.64. The third kappa shape index (κ3) is 5.60. The molecule has 0 aliphatic carbocycles. The molecule has 1 aliphatic heterocycles. The average molecular weight is 510 g/mol. The molecule has 188 valence electrons. The zero-order valence-corrected chi connectivity index (χ0v) is 20.8. The summed E-state index contributed by atoms with van der Waals surface area (Å²) < 4.78 is 33.3. The van der Waals surface area contributed by atoms with E-state index in [1.165, 1.54) is 31.2 Å². The number of carbonyl (C=O) groups is 2. The maximum atomic E-state index is 13.0. The first-order valence-corrected chi connectivity index (χ1v) is 12.7. The second-order valence-corrected chi connectivity index (χ2v) is 11.0. The van der Waals surface area contributed by atoms with Crippen molar-refractivity contribution in [2.45, 2.75) is 38.1 Å². The molecule has 0 spiro atoms. The fourth-order valence-corrected chi connectivity index (χ4v) is 5.47. The quantitative estimate of drug-likeness (QED) is 0.264. The van der Waals surface area contributed by atoms with E-state index in [9.17, 15) is 18.0 Å². The molecule has 1 heterocycles. The van der Waals surface area contributed by atoms with Crippen LogP contribution in [0.3, 0.4) is 0 Å². The van der Waals surface area contributed by atoms with Crippen LogP contribution in [0.25, 0.3) is 0 Å². The number of hydrogen-bond donors (Lipinski definition) is 4. The van der Waals surface area contributed by atoms with E-state index in [4.69, 9.17) is 9.84 Å². The Morgan fingerprint density at radius 3 is 2.42 bits per heavy atom. The van der Waals surface area contributed by atoms with Crippen molar-refractivity contribution in [2.24, 2.45) is 5.41 Å². The highest BCUT2D eigenvalue weighted by atomic mass is 32.2. The lowest BCUT2D eigenvalue weighted by Gasteiger charge is -2.41. The minimum absolute atomic E-state index is 0.0754. The number of benzene rings is 3. The molecule has 0 saturated carbocycles. The third-order valence-electron chi connectivity index (χ3n) is 5.97. The molecule has 36 heavy (non-hydrogen) atoms. The van der Waals surface area contributed by atoms with Gasteiger partial charge in [0, 0.05) is 24.0 Å². The molecule has 1 amide bonds. The number of amides is 1. The van der Waals surface area contributed by atoms with E-state index in [-0.39, 0.29) is 28.0 Å². The van der Waals surface area contributed by atoms with Crippen molar-refractivity contribution < 1.29 is 27.9 Å². The molecular formula is C26H27N3O6S. The summed E-state index contributed by atoms with van der Waals surface area (Å²) in [5.41, 5.74) is 3.36. The zero-order valence-electron chi connectivity index (χ0n) is 20.0. The van der Waals surface area contributed by atoms with Crippen LogP contribution in [0.1, 0.15) is 37.9 Å². The largest absolute Gasteiger partial charge is 0.511 e. The fraction of sp³-hybridized carbons (Fsp3) is 0.231. The van der Waals surface area contributed by atoms with E-state index in [0.29, 0.717) is 17.8 Å². The normalized spacial score (nSPS) is 16.2. The molecule has 0 aromatic heterocycles. The van der Waals surface area contributed by atoms with Crippen molar-refractivity contribution in [2.75, 3.05) is 15.4 Å². The van der Waals surface area contributed by atoms with Crippen LogP contribution in [0.5, 0.6) is 5.75 Å². The molecule has 1 unspecified atom stereocenters. The van der Waals surface area contributed by atoms with Gasteiger partial charge in [-0.1, -0.05) is 26.0 Å². The first kappa shape index (κ1) is 25.1. The van der Waals surface area contributed by atoms with Crippen molar-refractivity contribution in [3.05, 3.63) is 77.9 Å². The van der Waals surface area contributed by atoms with Gasteiger partial charge in [-0.2, -0.15) is 0 Å². The van der Waals surface area contributed by atoms with Gasteiger partial charge in [-0.15, -0.1) is 0 Å². The molecule has 4 N–H and O–H groups in total. The maximum Gasteiger partial charge on any atom is 0.511 e. The molecule has 0 bridgehead atoms. The van der Waals surface area contributed by atoms with Gasteiger partial charge in [-0.05, 0) is 77.6 Å². The van der Waals surface area contributed by atoms with E-state index in [1.807, 2.05) is 6.07 Å². The zero-order chi connectivity index (χ0) is 26.1. The number of anilines is 3. The molecular weight excluding hydrogens is 482 g/mol. The second-order valence-electron chi connectivity index (χ2n) is 9.37. The summed E-state index contributed by atoms with van der Waals surface area (Å²) in [6.07, 6.45) is -0.702. The van der Waals surface area contributed by atoms with Crippen LogP contribution in [0.2, 0.25) is 0 Å². The molecule has 10 heteroatoms. The number of nitrogens with one attached hydrogen (secondary N) is 3. The summed E-state index contributed by atoms with van der Waals surface area (Å²) in [6.45, 7) is 5.56. The highest BCUT2D eigenvalue weighted by Crippen LogP contribution is 2.46.